The lowest BCUT2D eigenvalue weighted by Crippen LogP contribution is -2.51. The van der Waals surface area contributed by atoms with Gasteiger partial charge in [0.1, 0.15) is 0 Å². The molecule has 5 nitrogen and oxygen atoms in total. The van der Waals surface area contributed by atoms with Crippen molar-refractivity contribution >= 4 is 11.4 Å². The average molecular weight is 270 g/mol. The summed E-state index contributed by atoms with van der Waals surface area (Å²) in [6.07, 6.45) is 7.09. The Labute approximate surface area is 117 Å². The Bertz CT molecular complexity index is 653. The molecule has 2 aromatic rings. The molecule has 1 aliphatic carbocycles. The van der Waals surface area contributed by atoms with Crippen LogP contribution in [0, 0.1) is 5.92 Å². The van der Waals surface area contributed by atoms with Gasteiger partial charge in [0, 0.05) is 19.3 Å². The molecule has 1 saturated heterocycles. The molecule has 2 atom stereocenters. The van der Waals surface area contributed by atoms with Gasteiger partial charge in [0.05, 0.1) is 22.8 Å². The first-order chi connectivity index (χ1) is 9.78. The Hall–Kier alpha value is -1.88. The van der Waals surface area contributed by atoms with Crippen molar-refractivity contribution in [3.05, 3.63) is 36.2 Å². The van der Waals surface area contributed by atoms with Gasteiger partial charge in [-0.15, -0.1) is 0 Å². The fraction of sp³-hybridized carbons (Fsp3) is 0.467. The first-order valence-corrected chi connectivity index (χ1v) is 7.24. The summed E-state index contributed by atoms with van der Waals surface area (Å²) in [6.45, 7) is 1.92. The number of nitrogens with zero attached hydrogens (tertiary/aromatic N) is 2. The molecule has 0 radical (unpaired) electrons. The van der Waals surface area contributed by atoms with Crippen molar-refractivity contribution in [3.63, 3.8) is 0 Å². The monoisotopic (exact) mass is 270 g/mol. The third-order valence-corrected chi connectivity index (χ3v) is 4.83. The van der Waals surface area contributed by atoms with E-state index >= 15 is 0 Å². The summed E-state index contributed by atoms with van der Waals surface area (Å²) in [5, 5.41) is 10.9. The first kappa shape index (κ1) is 11.9. The van der Waals surface area contributed by atoms with Gasteiger partial charge in [0.2, 0.25) is 0 Å². The Balaban J connectivity index is 1.66. The van der Waals surface area contributed by atoms with E-state index in [1.165, 1.54) is 12.8 Å². The number of amides is 1. The average Bonchev–Trinajstić information content (AvgIpc) is 3.10. The van der Waals surface area contributed by atoms with Crippen LogP contribution >= 0.6 is 0 Å². The predicted molar refractivity (Wildman–Crippen MR) is 75.6 cm³/mol. The van der Waals surface area contributed by atoms with E-state index < -0.39 is 0 Å². The molecule has 2 aromatic heterocycles. The van der Waals surface area contributed by atoms with Crippen LogP contribution in [-0.4, -0.2) is 34.1 Å². The number of fused-ring (bicyclic) bond motifs is 2. The highest BCUT2D eigenvalue weighted by molar-refractivity contribution is 6.01. The molecule has 5 heteroatoms. The zero-order valence-electron chi connectivity index (χ0n) is 11.3. The minimum atomic E-state index is -0.0378. The molecule has 2 fully saturated rings. The standard InChI is InChI=1S/C15H18N4O/c20-14(12-4-2-8-19-13(12)5-7-17-19)18-15-6-1-3-11(15)9-16-10-15/h2,4-5,7-8,11,16H,1,3,6,9-10H2,(H,18,20)/t11-,15-/m0/s1. The SMILES string of the molecule is O=C(N[C@]12CCC[C@H]1CNC2)c1cccn2nccc12. The van der Waals surface area contributed by atoms with Gasteiger partial charge in [-0.1, -0.05) is 6.42 Å². The summed E-state index contributed by atoms with van der Waals surface area (Å²) in [7, 11) is 0. The molecule has 0 unspecified atom stereocenters. The topological polar surface area (TPSA) is 58.4 Å². The van der Waals surface area contributed by atoms with Crippen molar-refractivity contribution in [1.82, 2.24) is 20.2 Å². The number of pyridine rings is 1. The minimum absolute atomic E-state index is 0.0201. The molecule has 1 aliphatic heterocycles. The number of hydrogen-bond donors (Lipinski definition) is 2. The van der Waals surface area contributed by atoms with Crippen molar-refractivity contribution in [3.8, 4) is 0 Å². The second kappa shape index (κ2) is 4.31. The Morgan fingerprint density at radius 3 is 3.40 bits per heavy atom. The van der Waals surface area contributed by atoms with Gasteiger partial charge in [0.15, 0.2) is 0 Å². The van der Waals surface area contributed by atoms with Gasteiger partial charge in [-0.2, -0.15) is 5.10 Å². The molecule has 104 valence electrons. The maximum Gasteiger partial charge on any atom is 0.253 e. The number of hydrogen-bond acceptors (Lipinski definition) is 3. The number of nitrogens with one attached hydrogen (secondary N) is 2. The minimum Gasteiger partial charge on any atom is -0.345 e. The van der Waals surface area contributed by atoms with Crippen molar-refractivity contribution in [2.75, 3.05) is 13.1 Å². The van der Waals surface area contributed by atoms with Crippen LogP contribution in [0.15, 0.2) is 30.6 Å². The lowest BCUT2D eigenvalue weighted by molar-refractivity contribution is 0.0895. The van der Waals surface area contributed by atoms with E-state index in [-0.39, 0.29) is 11.4 Å². The van der Waals surface area contributed by atoms with Crippen molar-refractivity contribution in [2.45, 2.75) is 24.8 Å². The van der Waals surface area contributed by atoms with E-state index in [4.69, 9.17) is 0 Å². The summed E-state index contributed by atoms with van der Waals surface area (Å²) >= 11 is 0. The summed E-state index contributed by atoms with van der Waals surface area (Å²) in [5.41, 5.74) is 1.53. The number of carbonyl (C=O) groups excluding carboxylic acids is 1. The predicted octanol–water partition coefficient (Wildman–Crippen LogP) is 1.21. The van der Waals surface area contributed by atoms with Gasteiger partial charge < -0.3 is 10.6 Å². The molecular formula is C15H18N4O. The van der Waals surface area contributed by atoms with Gasteiger partial charge in [0.25, 0.3) is 5.91 Å². The smallest absolute Gasteiger partial charge is 0.253 e. The van der Waals surface area contributed by atoms with Crippen LogP contribution in [0.2, 0.25) is 0 Å². The largest absolute Gasteiger partial charge is 0.345 e. The maximum absolute atomic E-state index is 12.7. The highest BCUT2D eigenvalue weighted by Gasteiger charge is 2.47. The van der Waals surface area contributed by atoms with Crippen LogP contribution < -0.4 is 10.6 Å². The Kier molecular flexibility index (Phi) is 2.57. The van der Waals surface area contributed by atoms with Crippen molar-refractivity contribution < 1.29 is 4.79 Å². The third-order valence-electron chi connectivity index (χ3n) is 4.83. The zero-order chi connectivity index (χ0) is 13.6. The van der Waals surface area contributed by atoms with E-state index in [1.54, 1.807) is 10.7 Å². The van der Waals surface area contributed by atoms with E-state index in [1.807, 2.05) is 24.4 Å². The molecule has 1 amide bonds. The molecule has 4 rings (SSSR count). The normalized spacial score (nSPS) is 28.7. The Morgan fingerprint density at radius 1 is 1.50 bits per heavy atom. The van der Waals surface area contributed by atoms with Crippen LogP contribution in [0.3, 0.4) is 0 Å². The van der Waals surface area contributed by atoms with Crippen molar-refractivity contribution in [1.29, 1.82) is 0 Å². The van der Waals surface area contributed by atoms with E-state index in [0.717, 1.165) is 25.0 Å². The van der Waals surface area contributed by atoms with Crippen LogP contribution in [0.4, 0.5) is 0 Å². The molecule has 0 spiro atoms. The highest BCUT2D eigenvalue weighted by atomic mass is 16.1. The molecule has 2 N–H and O–H groups in total. The van der Waals surface area contributed by atoms with E-state index in [0.29, 0.717) is 11.5 Å². The zero-order valence-corrected chi connectivity index (χ0v) is 11.3. The lowest BCUT2D eigenvalue weighted by atomic mass is 9.90. The Morgan fingerprint density at radius 2 is 2.45 bits per heavy atom. The van der Waals surface area contributed by atoms with Crippen molar-refractivity contribution in [2.24, 2.45) is 5.92 Å². The summed E-state index contributed by atoms with van der Waals surface area (Å²) in [6, 6.07) is 5.62. The van der Waals surface area contributed by atoms with Gasteiger partial charge in [-0.25, -0.2) is 4.52 Å². The fourth-order valence-corrected chi connectivity index (χ4v) is 3.79. The molecule has 3 heterocycles. The number of aromatic nitrogens is 2. The molecule has 1 saturated carbocycles. The summed E-state index contributed by atoms with van der Waals surface area (Å²) in [4.78, 5) is 12.7. The molecule has 0 aromatic carbocycles. The van der Waals surface area contributed by atoms with Crippen LogP contribution in [0.25, 0.3) is 5.52 Å². The number of rotatable bonds is 2. The molecular weight excluding hydrogens is 252 g/mol. The number of carbonyl (C=O) groups is 1. The van der Waals surface area contributed by atoms with Gasteiger partial charge in [-0.05, 0) is 37.0 Å². The summed E-state index contributed by atoms with van der Waals surface area (Å²) in [5.74, 6) is 0.600. The molecule has 2 aliphatic rings. The second-order valence-corrected chi connectivity index (χ2v) is 5.91. The maximum atomic E-state index is 12.7. The van der Waals surface area contributed by atoms with E-state index in [9.17, 15) is 4.79 Å². The lowest BCUT2D eigenvalue weighted by Gasteiger charge is -2.30. The quantitative estimate of drug-likeness (QED) is 0.862. The second-order valence-electron chi connectivity index (χ2n) is 5.91. The van der Waals surface area contributed by atoms with Gasteiger partial charge >= 0.3 is 0 Å². The van der Waals surface area contributed by atoms with E-state index in [2.05, 4.69) is 15.7 Å². The van der Waals surface area contributed by atoms with Crippen LogP contribution in [0.5, 0.6) is 0 Å². The fourth-order valence-electron chi connectivity index (χ4n) is 3.79. The molecule has 20 heavy (non-hydrogen) atoms. The van der Waals surface area contributed by atoms with Gasteiger partial charge in [-0.3, -0.25) is 4.79 Å². The molecule has 0 bridgehead atoms. The van der Waals surface area contributed by atoms with Crippen LogP contribution in [-0.2, 0) is 0 Å². The highest BCUT2D eigenvalue weighted by Crippen LogP contribution is 2.38. The third kappa shape index (κ3) is 1.66. The first-order valence-electron chi connectivity index (χ1n) is 7.24. The van der Waals surface area contributed by atoms with Crippen LogP contribution in [0.1, 0.15) is 29.6 Å². The summed E-state index contributed by atoms with van der Waals surface area (Å²) < 4.78 is 1.74.